The highest BCUT2D eigenvalue weighted by Crippen LogP contribution is 2.20. The molecule has 4 nitrogen and oxygen atoms in total. The number of carbonyl (C=O) groups excluding carboxylic acids is 1. The molecule has 0 saturated carbocycles. The van der Waals surface area contributed by atoms with E-state index in [1.807, 2.05) is 25.1 Å². The number of Topliss-reactive ketones (excluding diaryl/α,β-unsaturated/α-hetero) is 1. The molecule has 1 heterocycles. The summed E-state index contributed by atoms with van der Waals surface area (Å²) in [5.74, 6) is -0.139. The zero-order chi connectivity index (χ0) is 12.5. The van der Waals surface area contributed by atoms with Gasteiger partial charge in [0.15, 0.2) is 5.58 Å². The Kier molecular flexibility index (Phi) is 2.98. The Hall–Kier alpha value is -1.68. The third-order valence-corrected chi connectivity index (χ3v) is 2.78. The first kappa shape index (κ1) is 11.8. The number of para-hydroxylation sites is 2. The number of oxazole rings is 1. The first-order valence-corrected chi connectivity index (χ1v) is 5.74. The predicted molar refractivity (Wildman–Crippen MR) is 65.8 cm³/mol. The van der Waals surface area contributed by atoms with Crippen LogP contribution in [0.3, 0.4) is 0 Å². The molecule has 0 saturated heterocycles. The highest BCUT2D eigenvalue weighted by atomic mass is 16.4. The Labute approximate surface area is 99.8 Å². The van der Waals surface area contributed by atoms with E-state index in [-0.39, 0.29) is 11.7 Å². The summed E-state index contributed by atoms with van der Waals surface area (Å²) in [7, 11) is 0. The summed E-state index contributed by atoms with van der Waals surface area (Å²) in [6, 6.07) is 7.29. The molecule has 0 aliphatic rings. The molecule has 1 aromatic carbocycles. The third kappa shape index (κ3) is 2.22. The van der Waals surface area contributed by atoms with Crippen molar-refractivity contribution in [2.45, 2.75) is 32.2 Å². The first-order valence-electron chi connectivity index (χ1n) is 5.74. The standard InChI is InChI=1S/C13H16N2O2/c1-3-8-13(2,14)11(16)12-15-9-6-4-5-7-10(9)17-12/h4-7H,3,8,14H2,1-2H3. The number of hydrogen-bond acceptors (Lipinski definition) is 4. The lowest BCUT2D eigenvalue weighted by atomic mass is 9.92. The van der Waals surface area contributed by atoms with Crippen molar-refractivity contribution in [3.63, 3.8) is 0 Å². The molecular weight excluding hydrogens is 216 g/mol. The molecule has 0 radical (unpaired) electrons. The topological polar surface area (TPSA) is 69.1 Å². The molecule has 17 heavy (non-hydrogen) atoms. The molecule has 4 heteroatoms. The van der Waals surface area contributed by atoms with Gasteiger partial charge < -0.3 is 10.2 Å². The number of benzene rings is 1. The van der Waals surface area contributed by atoms with Gasteiger partial charge in [0.1, 0.15) is 5.52 Å². The molecule has 1 unspecified atom stereocenters. The van der Waals surface area contributed by atoms with Gasteiger partial charge in [-0.2, -0.15) is 0 Å². The van der Waals surface area contributed by atoms with Gasteiger partial charge in [-0.15, -0.1) is 0 Å². The van der Waals surface area contributed by atoms with Crippen molar-refractivity contribution in [2.75, 3.05) is 0 Å². The summed E-state index contributed by atoms with van der Waals surface area (Å²) in [5, 5.41) is 0. The molecule has 1 atom stereocenters. The average Bonchev–Trinajstić information content (AvgIpc) is 2.71. The largest absolute Gasteiger partial charge is 0.434 e. The molecule has 0 fully saturated rings. The fourth-order valence-electron chi connectivity index (χ4n) is 1.85. The van der Waals surface area contributed by atoms with Crippen LogP contribution in [0.1, 0.15) is 37.4 Å². The van der Waals surface area contributed by atoms with E-state index in [4.69, 9.17) is 10.2 Å². The van der Waals surface area contributed by atoms with Gasteiger partial charge in [0.25, 0.3) is 5.89 Å². The number of hydrogen-bond donors (Lipinski definition) is 1. The Bertz CT molecular complexity index is 510. The molecule has 0 bridgehead atoms. The second kappa shape index (κ2) is 4.30. The van der Waals surface area contributed by atoms with Crippen LogP contribution in [-0.2, 0) is 0 Å². The van der Waals surface area contributed by atoms with Gasteiger partial charge in [0.2, 0.25) is 5.78 Å². The van der Waals surface area contributed by atoms with Crippen LogP contribution in [0.2, 0.25) is 0 Å². The van der Waals surface area contributed by atoms with Gasteiger partial charge in [-0.05, 0) is 25.5 Å². The van der Waals surface area contributed by atoms with Crippen molar-refractivity contribution in [2.24, 2.45) is 5.73 Å². The Balaban J connectivity index is 2.37. The lowest BCUT2D eigenvalue weighted by Gasteiger charge is -2.19. The van der Waals surface area contributed by atoms with Gasteiger partial charge in [0, 0.05) is 0 Å². The maximum atomic E-state index is 12.1. The van der Waals surface area contributed by atoms with E-state index in [1.165, 1.54) is 0 Å². The fraction of sp³-hybridized carbons (Fsp3) is 0.385. The second-order valence-electron chi connectivity index (χ2n) is 4.48. The summed E-state index contributed by atoms with van der Waals surface area (Å²) in [6.45, 7) is 3.71. The molecule has 2 N–H and O–H groups in total. The van der Waals surface area contributed by atoms with Crippen LogP contribution in [0.4, 0.5) is 0 Å². The second-order valence-corrected chi connectivity index (χ2v) is 4.48. The Morgan fingerprint density at radius 3 is 2.82 bits per heavy atom. The third-order valence-electron chi connectivity index (χ3n) is 2.78. The summed E-state index contributed by atoms with van der Waals surface area (Å²) in [6.07, 6.45) is 1.46. The van der Waals surface area contributed by atoms with Crippen LogP contribution in [-0.4, -0.2) is 16.3 Å². The molecule has 1 aromatic heterocycles. The number of carbonyl (C=O) groups is 1. The monoisotopic (exact) mass is 232 g/mol. The summed E-state index contributed by atoms with van der Waals surface area (Å²) in [4.78, 5) is 16.3. The molecule has 0 aliphatic carbocycles. The maximum Gasteiger partial charge on any atom is 0.266 e. The summed E-state index contributed by atoms with van der Waals surface area (Å²) < 4.78 is 5.42. The van der Waals surface area contributed by atoms with Crippen LogP contribution in [0, 0.1) is 0 Å². The lowest BCUT2D eigenvalue weighted by Crippen LogP contribution is -2.44. The molecule has 90 valence electrons. The molecule has 0 aliphatic heterocycles. The van der Waals surface area contributed by atoms with E-state index in [0.29, 0.717) is 17.5 Å². The van der Waals surface area contributed by atoms with Crippen LogP contribution < -0.4 is 5.73 Å². The predicted octanol–water partition coefficient (Wildman–Crippen LogP) is 2.53. The van der Waals surface area contributed by atoms with Crippen LogP contribution in [0.25, 0.3) is 11.1 Å². The van der Waals surface area contributed by atoms with Gasteiger partial charge in [-0.1, -0.05) is 25.5 Å². The van der Waals surface area contributed by atoms with Gasteiger partial charge >= 0.3 is 0 Å². The van der Waals surface area contributed by atoms with Crippen molar-refractivity contribution in [1.29, 1.82) is 0 Å². The van der Waals surface area contributed by atoms with Crippen LogP contribution >= 0.6 is 0 Å². The van der Waals surface area contributed by atoms with Crippen molar-refractivity contribution < 1.29 is 9.21 Å². The minimum atomic E-state index is -0.907. The van der Waals surface area contributed by atoms with Crippen molar-refractivity contribution in [3.8, 4) is 0 Å². The van der Waals surface area contributed by atoms with E-state index in [2.05, 4.69) is 4.98 Å². The van der Waals surface area contributed by atoms with Gasteiger partial charge in [-0.3, -0.25) is 4.79 Å². The van der Waals surface area contributed by atoms with Crippen molar-refractivity contribution >= 4 is 16.9 Å². The molecule has 0 spiro atoms. The van der Waals surface area contributed by atoms with E-state index in [1.54, 1.807) is 13.0 Å². The minimum absolute atomic E-state index is 0.102. The van der Waals surface area contributed by atoms with Crippen molar-refractivity contribution in [3.05, 3.63) is 30.2 Å². The number of ketones is 1. The summed E-state index contributed by atoms with van der Waals surface area (Å²) >= 11 is 0. The number of rotatable bonds is 4. The van der Waals surface area contributed by atoms with E-state index >= 15 is 0 Å². The number of aromatic nitrogens is 1. The highest BCUT2D eigenvalue weighted by molar-refractivity contribution is 6.00. The molecule has 0 amide bonds. The fourth-order valence-corrected chi connectivity index (χ4v) is 1.85. The zero-order valence-corrected chi connectivity index (χ0v) is 10.1. The molecule has 2 aromatic rings. The maximum absolute atomic E-state index is 12.1. The highest BCUT2D eigenvalue weighted by Gasteiger charge is 2.32. The quantitative estimate of drug-likeness (QED) is 0.822. The summed E-state index contributed by atoms with van der Waals surface area (Å²) in [5.41, 5.74) is 6.37. The van der Waals surface area contributed by atoms with Crippen molar-refractivity contribution in [1.82, 2.24) is 4.98 Å². The van der Waals surface area contributed by atoms with E-state index < -0.39 is 5.54 Å². The smallest absolute Gasteiger partial charge is 0.266 e. The van der Waals surface area contributed by atoms with Gasteiger partial charge in [0.05, 0.1) is 5.54 Å². The molecule has 2 rings (SSSR count). The number of fused-ring (bicyclic) bond motifs is 1. The average molecular weight is 232 g/mol. The van der Waals surface area contributed by atoms with Crippen LogP contribution in [0.15, 0.2) is 28.7 Å². The SMILES string of the molecule is CCCC(C)(N)C(=O)c1nc2ccccc2o1. The van der Waals surface area contributed by atoms with Gasteiger partial charge in [-0.25, -0.2) is 4.98 Å². The van der Waals surface area contributed by atoms with Crippen LogP contribution in [0.5, 0.6) is 0 Å². The number of nitrogens with zero attached hydrogens (tertiary/aromatic N) is 1. The van der Waals surface area contributed by atoms with E-state index in [9.17, 15) is 4.79 Å². The lowest BCUT2D eigenvalue weighted by molar-refractivity contribution is 0.0859. The molecular formula is C13H16N2O2. The zero-order valence-electron chi connectivity index (χ0n) is 10.1. The van der Waals surface area contributed by atoms with E-state index in [0.717, 1.165) is 6.42 Å². The number of nitrogens with two attached hydrogens (primary N) is 1. The normalized spacial score (nSPS) is 14.8. The Morgan fingerprint density at radius 2 is 2.18 bits per heavy atom. The Morgan fingerprint density at radius 1 is 1.47 bits per heavy atom. The first-order chi connectivity index (χ1) is 8.04. The minimum Gasteiger partial charge on any atom is -0.434 e.